The lowest BCUT2D eigenvalue weighted by Crippen LogP contribution is -2.34. The average Bonchev–Trinajstić information content (AvgIpc) is 3.01. The first-order valence-corrected chi connectivity index (χ1v) is 8.73. The van der Waals surface area contributed by atoms with Gasteiger partial charge in [-0.05, 0) is 49.1 Å². The van der Waals surface area contributed by atoms with E-state index in [1.807, 2.05) is 0 Å². The third-order valence-corrected chi connectivity index (χ3v) is 6.88. The monoisotopic (exact) mass is 294 g/mol. The van der Waals surface area contributed by atoms with E-state index in [9.17, 15) is 8.42 Å². The van der Waals surface area contributed by atoms with Crippen LogP contribution < -0.4 is 5.73 Å². The summed E-state index contributed by atoms with van der Waals surface area (Å²) < 4.78 is 26.7. The van der Waals surface area contributed by atoms with Crippen molar-refractivity contribution in [3.63, 3.8) is 0 Å². The van der Waals surface area contributed by atoms with Crippen LogP contribution in [0.4, 0.5) is 5.69 Å². The summed E-state index contributed by atoms with van der Waals surface area (Å²) in [5.41, 5.74) is 6.13. The first-order chi connectivity index (χ1) is 9.48. The zero-order chi connectivity index (χ0) is 14.3. The van der Waals surface area contributed by atoms with Crippen LogP contribution in [0.1, 0.15) is 25.7 Å². The molecule has 1 aromatic carbocycles. The molecule has 2 aliphatic rings. The van der Waals surface area contributed by atoms with Gasteiger partial charge in [0.1, 0.15) is 4.90 Å². The smallest absolute Gasteiger partial charge is 0.244 e. The highest BCUT2D eigenvalue weighted by Crippen LogP contribution is 2.48. The summed E-state index contributed by atoms with van der Waals surface area (Å²) in [7, 11) is -1.79. The number of hydrogen-bond donors (Lipinski definition) is 1. The van der Waals surface area contributed by atoms with Crippen molar-refractivity contribution in [3.05, 3.63) is 24.3 Å². The Morgan fingerprint density at radius 3 is 2.60 bits per heavy atom. The molecule has 0 aliphatic heterocycles. The van der Waals surface area contributed by atoms with Crippen LogP contribution in [0, 0.1) is 17.8 Å². The molecule has 0 spiro atoms. The van der Waals surface area contributed by atoms with Crippen LogP contribution in [-0.4, -0.2) is 26.3 Å². The third kappa shape index (κ3) is 2.33. The lowest BCUT2D eigenvalue weighted by molar-refractivity contribution is 0.280. The van der Waals surface area contributed by atoms with Gasteiger partial charge in [-0.15, -0.1) is 0 Å². The molecule has 3 unspecified atom stereocenters. The van der Waals surface area contributed by atoms with Crippen molar-refractivity contribution in [1.29, 1.82) is 0 Å². The molecule has 1 aromatic rings. The van der Waals surface area contributed by atoms with Crippen LogP contribution in [0.5, 0.6) is 0 Å². The standard InChI is InChI=1S/C15H22N2O2S/c1-17(10-13-9-11-6-7-12(13)8-11)20(18,19)15-5-3-2-4-14(15)16/h2-5,11-13H,6-10,16H2,1H3. The van der Waals surface area contributed by atoms with Gasteiger partial charge in [-0.1, -0.05) is 18.6 Å². The molecule has 0 aromatic heterocycles. The van der Waals surface area contributed by atoms with Gasteiger partial charge in [0.05, 0.1) is 5.69 Å². The maximum Gasteiger partial charge on any atom is 0.244 e. The molecule has 5 heteroatoms. The number of anilines is 1. The maximum atomic E-state index is 12.6. The summed E-state index contributed by atoms with van der Waals surface area (Å²) in [4.78, 5) is 0.227. The van der Waals surface area contributed by atoms with Gasteiger partial charge in [0, 0.05) is 13.6 Å². The number of benzene rings is 1. The molecule has 0 heterocycles. The molecule has 2 aliphatic carbocycles. The van der Waals surface area contributed by atoms with Crippen LogP contribution in [-0.2, 0) is 10.0 Å². The quantitative estimate of drug-likeness (QED) is 0.867. The number of nitrogens with zero attached hydrogens (tertiary/aromatic N) is 1. The van der Waals surface area contributed by atoms with Crippen LogP contribution in [0.15, 0.2) is 29.2 Å². The van der Waals surface area contributed by atoms with E-state index in [-0.39, 0.29) is 4.90 Å². The molecule has 20 heavy (non-hydrogen) atoms. The van der Waals surface area contributed by atoms with Crippen molar-refractivity contribution >= 4 is 15.7 Å². The van der Waals surface area contributed by atoms with Gasteiger partial charge in [0.2, 0.25) is 10.0 Å². The fourth-order valence-corrected chi connectivity index (χ4v) is 5.25. The van der Waals surface area contributed by atoms with E-state index in [2.05, 4.69) is 0 Å². The molecular weight excluding hydrogens is 272 g/mol. The zero-order valence-corrected chi connectivity index (χ0v) is 12.6. The predicted octanol–water partition coefficient (Wildman–Crippen LogP) is 2.33. The normalized spacial score (nSPS) is 29.2. The van der Waals surface area contributed by atoms with Crippen molar-refractivity contribution in [1.82, 2.24) is 4.31 Å². The summed E-state index contributed by atoms with van der Waals surface area (Å²) in [5, 5.41) is 0. The second kappa shape index (κ2) is 5.04. The number of nitrogens with two attached hydrogens (primary N) is 1. The van der Waals surface area contributed by atoms with Gasteiger partial charge in [-0.2, -0.15) is 0 Å². The van der Waals surface area contributed by atoms with Crippen molar-refractivity contribution < 1.29 is 8.42 Å². The van der Waals surface area contributed by atoms with Crippen LogP contribution in [0.25, 0.3) is 0 Å². The molecule has 2 bridgehead atoms. The zero-order valence-electron chi connectivity index (χ0n) is 11.8. The van der Waals surface area contributed by atoms with Gasteiger partial charge in [-0.25, -0.2) is 12.7 Å². The molecule has 2 fully saturated rings. The summed E-state index contributed by atoms with van der Waals surface area (Å²) in [5.74, 6) is 2.09. The van der Waals surface area contributed by atoms with Crippen LogP contribution in [0.3, 0.4) is 0 Å². The van der Waals surface area contributed by atoms with Crippen LogP contribution >= 0.6 is 0 Å². The van der Waals surface area contributed by atoms with Crippen molar-refractivity contribution in [2.24, 2.45) is 17.8 Å². The second-order valence-corrected chi connectivity index (χ2v) is 8.27. The van der Waals surface area contributed by atoms with Gasteiger partial charge in [-0.3, -0.25) is 0 Å². The lowest BCUT2D eigenvalue weighted by atomic mass is 9.89. The Morgan fingerprint density at radius 1 is 1.25 bits per heavy atom. The Bertz CT molecular complexity index is 600. The molecule has 4 nitrogen and oxygen atoms in total. The molecule has 0 radical (unpaired) electrons. The second-order valence-electron chi connectivity index (χ2n) is 6.26. The Hall–Kier alpha value is -1.07. The minimum absolute atomic E-state index is 0.227. The first kappa shape index (κ1) is 13.9. The van der Waals surface area contributed by atoms with E-state index in [1.165, 1.54) is 30.0 Å². The maximum absolute atomic E-state index is 12.6. The van der Waals surface area contributed by atoms with Crippen molar-refractivity contribution in [2.75, 3.05) is 19.3 Å². The molecule has 110 valence electrons. The van der Waals surface area contributed by atoms with Crippen molar-refractivity contribution in [2.45, 2.75) is 30.6 Å². The lowest BCUT2D eigenvalue weighted by Gasteiger charge is -2.27. The summed E-state index contributed by atoms with van der Waals surface area (Å²) in [6, 6.07) is 6.69. The SMILES string of the molecule is CN(CC1CC2CCC1C2)S(=O)(=O)c1ccccc1N. The highest BCUT2D eigenvalue weighted by Gasteiger charge is 2.41. The topological polar surface area (TPSA) is 63.4 Å². The summed E-state index contributed by atoms with van der Waals surface area (Å²) in [6.07, 6.45) is 5.10. The first-order valence-electron chi connectivity index (χ1n) is 7.29. The largest absolute Gasteiger partial charge is 0.398 e. The number of hydrogen-bond acceptors (Lipinski definition) is 3. The van der Waals surface area contributed by atoms with E-state index >= 15 is 0 Å². The van der Waals surface area contributed by atoms with E-state index in [1.54, 1.807) is 31.3 Å². The highest BCUT2D eigenvalue weighted by atomic mass is 32.2. The van der Waals surface area contributed by atoms with Gasteiger partial charge in [0.15, 0.2) is 0 Å². The highest BCUT2D eigenvalue weighted by molar-refractivity contribution is 7.89. The fraction of sp³-hybridized carbons (Fsp3) is 0.600. The number of para-hydroxylation sites is 1. The van der Waals surface area contributed by atoms with E-state index in [0.29, 0.717) is 18.2 Å². The molecule has 3 atom stereocenters. The van der Waals surface area contributed by atoms with Crippen LogP contribution in [0.2, 0.25) is 0 Å². The minimum Gasteiger partial charge on any atom is -0.398 e. The Kier molecular flexibility index (Phi) is 3.50. The van der Waals surface area contributed by atoms with Gasteiger partial charge >= 0.3 is 0 Å². The molecule has 0 saturated heterocycles. The molecule has 0 amide bonds. The van der Waals surface area contributed by atoms with Gasteiger partial charge < -0.3 is 5.73 Å². The molecule has 3 rings (SSSR count). The Labute approximate surface area is 121 Å². The number of fused-ring (bicyclic) bond motifs is 2. The number of nitrogen functional groups attached to an aromatic ring is 1. The van der Waals surface area contributed by atoms with E-state index in [0.717, 1.165) is 11.8 Å². The fourth-order valence-electron chi connectivity index (χ4n) is 3.91. The minimum atomic E-state index is -3.47. The van der Waals surface area contributed by atoms with Crippen molar-refractivity contribution in [3.8, 4) is 0 Å². The predicted molar refractivity (Wildman–Crippen MR) is 79.6 cm³/mol. The summed E-state index contributed by atoms with van der Waals surface area (Å²) >= 11 is 0. The van der Waals surface area contributed by atoms with E-state index < -0.39 is 10.0 Å². The number of rotatable bonds is 4. The Balaban J connectivity index is 1.76. The molecular formula is C15H22N2O2S. The number of sulfonamides is 1. The Morgan fingerprint density at radius 2 is 2.00 bits per heavy atom. The van der Waals surface area contributed by atoms with Gasteiger partial charge in [0.25, 0.3) is 0 Å². The summed E-state index contributed by atoms with van der Waals surface area (Å²) in [6.45, 7) is 0.623. The molecule has 2 saturated carbocycles. The average molecular weight is 294 g/mol. The van der Waals surface area contributed by atoms with E-state index in [4.69, 9.17) is 5.73 Å². The molecule has 2 N–H and O–H groups in total. The third-order valence-electron chi connectivity index (χ3n) is 4.98.